The van der Waals surface area contributed by atoms with Crippen LogP contribution < -0.4 is 16.0 Å². The summed E-state index contributed by atoms with van der Waals surface area (Å²) >= 11 is 0. The van der Waals surface area contributed by atoms with E-state index in [9.17, 15) is 9.59 Å². The van der Waals surface area contributed by atoms with Crippen LogP contribution in [0.15, 0.2) is 24.3 Å². The monoisotopic (exact) mass is 289 g/mol. The maximum Gasteiger partial charge on any atom is 0.251 e. The number of nitrogens with one attached hydrogen (secondary N) is 3. The topological polar surface area (TPSA) is 70.2 Å². The summed E-state index contributed by atoms with van der Waals surface area (Å²) in [5.41, 5.74) is 1.33. The third-order valence-electron chi connectivity index (χ3n) is 3.57. The SMILES string of the molecule is CC(C)C(=O)Nc1ccc(C(=O)N[C@H]2CCCNC2)cc1. The van der Waals surface area contributed by atoms with E-state index in [0.29, 0.717) is 11.3 Å². The van der Waals surface area contributed by atoms with Crippen LogP contribution >= 0.6 is 0 Å². The quantitative estimate of drug-likeness (QED) is 0.791. The lowest BCUT2D eigenvalue weighted by Crippen LogP contribution is -2.45. The minimum Gasteiger partial charge on any atom is -0.348 e. The molecular weight excluding hydrogens is 266 g/mol. The molecule has 114 valence electrons. The second-order valence-electron chi connectivity index (χ2n) is 5.74. The van der Waals surface area contributed by atoms with Gasteiger partial charge in [-0.25, -0.2) is 0 Å². The molecule has 1 aliphatic rings. The number of anilines is 1. The number of rotatable bonds is 4. The van der Waals surface area contributed by atoms with Crippen molar-refractivity contribution in [2.45, 2.75) is 32.7 Å². The molecule has 1 heterocycles. The molecule has 1 fully saturated rings. The van der Waals surface area contributed by atoms with Gasteiger partial charge in [0.1, 0.15) is 0 Å². The molecule has 0 radical (unpaired) electrons. The van der Waals surface area contributed by atoms with Gasteiger partial charge < -0.3 is 16.0 Å². The molecule has 1 aromatic rings. The highest BCUT2D eigenvalue weighted by molar-refractivity contribution is 5.96. The van der Waals surface area contributed by atoms with Crippen LogP contribution in [-0.4, -0.2) is 30.9 Å². The molecule has 3 N–H and O–H groups in total. The van der Waals surface area contributed by atoms with Gasteiger partial charge in [-0.05, 0) is 43.7 Å². The average Bonchev–Trinajstić information content (AvgIpc) is 2.48. The van der Waals surface area contributed by atoms with Gasteiger partial charge in [-0.1, -0.05) is 13.8 Å². The number of hydrogen-bond acceptors (Lipinski definition) is 3. The Balaban J connectivity index is 1.91. The van der Waals surface area contributed by atoms with Crippen molar-refractivity contribution < 1.29 is 9.59 Å². The highest BCUT2D eigenvalue weighted by Gasteiger charge is 2.16. The van der Waals surface area contributed by atoms with E-state index in [2.05, 4.69) is 16.0 Å². The lowest BCUT2D eigenvalue weighted by molar-refractivity contribution is -0.118. The number of hydrogen-bond donors (Lipinski definition) is 3. The lowest BCUT2D eigenvalue weighted by Gasteiger charge is -2.23. The highest BCUT2D eigenvalue weighted by Crippen LogP contribution is 2.12. The Kier molecular flexibility index (Phi) is 5.33. The molecule has 1 aromatic carbocycles. The fourth-order valence-electron chi connectivity index (χ4n) is 2.24. The van der Waals surface area contributed by atoms with Crippen LogP contribution in [0.5, 0.6) is 0 Å². The first-order valence-corrected chi connectivity index (χ1v) is 7.49. The van der Waals surface area contributed by atoms with Gasteiger partial charge in [0.05, 0.1) is 0 Å². The Labute approximate surface area is 125 Å². The van der Waals surface area contributed by atoms with Crippen LogP contribution in [0.4, 0.5) is 5.69 Å². The van der Waals surface area contributed by atoms with E-state index in [4.69, 9.17) is 0 Å². The van der Waals surface area contributed by atoms with E-state index in [1.807, 2.05) is 13.8 Å². The van der Waals surface area contributed by atoms with Gasteiger partial charge >= 0.3 is 0 Å². The minimum atomic E-state index is -0.0644. The van der Waals surface area contributed by atoms with Gasteiger partial charge in [0.15, 0.2) is 0 Å². The molecule has 0 aliphatic carbocycles. The summed E-state index contributed by atoms with van der Waals surface area (Å²) in [6, 6.07) is 7.19. The smallest absolute Gasteiger partial charge is 0.251 e. The lowest BCUT2D eigenvalue weighted by atomic mass is 10.1. The molecule has 0 saturated carbocycles. The van der Waals surface area contributed by atoms with Crippen molar-refractivity contribution in [2.24, 2.45) is 5.92 Å². The number of carbonyl (C=O) groups is 2. The van der Waals surface area contributed by atoms with E-state index in [-0.39, 0.29) is 23.8 Å². The second-order valence-corrected chi connectivity index (χ2v) is 5.74. The Morgan fingerprint density at radius 1 is 1.24 bits per heavy atom. The van der Waals surface area contributed by atoms with E-state index in [0.717, 1.165) is 25.9 Å². The van der Waals surface area contributed by atoms with Crippen molar-refractivity contribution in [3.05, 3.63) is 29.8 Å². The molecule has 5 heteroatoms. The molecule has 0 spiro atoms. The van der Waals surface area contributed by atoms with E-state index >= 15 is 0 Å². The molecule has 2 rings (SSSR count). The van der Waals surface area contributed by atoms with Crippen molar-refractivity contribution in [3.8, 4) is 0 Å². The largest absolute Gasteiger partial charge is 0.348 e. The van der Waals surface area contributed by atoms with Gasteiger partial charge in [0, 0.05) is 29.8 Å². The van der Waals surface area contributed by atoms with Crippen LogP contribution in [0.2, 0.25) is 0 Å². The molecule has 0 bridgehead atoms. The molecule has 1 atom stereocenters. The summed E-state index contributed by atoms with van der Waals surface area (Å²) < 4.78 is 0. The summed E-state index contributed by atoms with van der Waals surface area (Å²) in [5.74, 6) is -0.155. The predicted molar refractivity (Wildman–Crippen MR) is 83.3 cm³/mol. The van der Waals surface area contributed by atoms with Crippen molar-refractivity contribution in [1.82, 2.24) is 10.6 Å². The molecule has 21 heavy (non-hydrogen) atoms. The standard InChI is InChI=1S/C16H23N3O2/c1-11(2)15(20)18-13-7-5-12(6-8-13)16(21)19-14-4-3-9-17-10-14/h5-8,11,14,17H,3-4,9-10H2,1-2H3,(H,18,20)(H,19,21)/t14-/m0/s1. The number of piperidine rings is 1. The van der Waals surface area contributed by atoms with E-state index < -0.39 is 0 Å². The summed E-state index contributed by atoms with van der Waals surface area (Å²) in [6.45, 7) is 5.54. The Hall–Kier alpha value is -1.88. The maximum atomic E-state index is 12.1. The first-order valence-electron chi connectivity index (χ1n) is 7.49. The molecule has 1 saturated heterocycles. The van der Waals surface area contributed by atoms with Crippen molar-refractivity contribution in [2.75, 3.05) is 18.4 Å². The molecule has 2 amide bonds. The normalized spacial score (nSPS) is 18.3. The number of amides is 2. The van der Waals surface area contributed by atoms with Crippen LogP contribution in [0.1, 0.15) is 37.0 Å². The Morgan fingerprint density at radius 3 is 2.52 bits per heavy atom. The summed E-state index contributed by atoms with van der Waals surface area (Å²) in [4.78, 5) is 23.7. The number of benzene rings is 1. The van der Waals surface area contributed by atoms with Gasteiger partial charge in [-0.15, -0.1) is 0 Å². The van der Waals surface area contributed by atoms with Gasteiger partial charge in [-0.3, -0.25) is 9.59 Å². The number of carbonyl (C=O) groups excluding carboxylic acids is 2. The van der Waals surface area contributed by atoms with Crippen molar-refractivity contribution >= 4 is 17.5 Å². The fourth-order valence-corrected chi connectivity index (χ4v) is 2.24. The zero-order valence-electron chi connectivity index (χ0n) is 12.6. The maximum absolute atomic E-state index is 12.1. The highest BCUT2D eigenvalue weighted by atomic mass is 16.2. The minimum absolute atomic E-state index is 0.0273. The fraction of sp³-hybridized carbons (Fsp3) is 0.500. The summed E-state index contributed by atoms with van der Waals surface area (Å²) in [7, 11) is 0. The second kappa shape index (κ2) is 7.22. The van der Waals surface area contributed by atoms with Gasteiger partial charge in [0.2, 0.25) is 5.91 Å². The zero-order chi connectivity index (χ0) is 15.2. The van der Waals surface area contributed by atoms with Gasteiger partial charge in [0.25, 0.3) is 5.91 Å². The third-order valence-corrected chi connectivity index (χ3v) is 3.57. The first kappa shape index (κ1) is 15.5. The van der Waals surface area contributed by atoms with E-state index in [1.165, 1.54) is 0 Å². The molecule has 0 aromatic heterocycles. The zero-order valence-corrected chi connectivity index (χ0v) is 12.6. The van der Waals surface area contributed by atoms with Crippen LogP contribution in [-0.2, 0) is 4.79 Å². The van der Waals surface area contributed by atoms with E-state index in [1.54, 1.807) is 24.3 Å². The van der Waals surface area contributed by atoms with Crippen LogP contribution in [0, 0.1) is 5.92 Å². The van der Waals surface area contributed by atoms with Crippen molar-refractivity contribution in [1.29, 1.82) is 0 Å². The first-order chi connectivity index (χ1) is 10.1. The average molecular weight is 289 g/mol. The molecule has 0 unspecified atom stereocenters. The third kappa shape index (κ3) is 4.56. The molecular formula is C16H23N3O2. The van der Waals surface area contributed by atoms with Crippen molar-refractivity contribution in [3.63, 3.8) is 0 Å². The van der Waals surface area contributed by atoms with Crippen LogP contribution in [0.25, 0.3) is 0 Å². The Morgan fingerprint density at radius 2 is 1.95 bits per heavy atom. The molecule has 5 nitrogen and oxygen atoms in total. The molecule has 1 aliphatic heterocycles. The summed E-state index contributed by atoms with van der Waals surface area (Å²) in [6.07, 6.45) is 2.10. The van der Waals surface area contributed by atoms with Crippen LogP contribution in [0.3, 0.4) is 0 Å². The van der Waals surface area contributed by atoms with Gasteiger partial charge in [-0.2, -0.15) is 0 Å². The Bertz CT molecular complexity index is 491. The predicted octanol–water partition coefficient (Wildman–Crippen LogP) is 1.76. The summed E-state index contributed by atoms with van der Waals surface area (Å²) in [5, 5.41) is 9.10.